The Morgan fingerprint density at radius 3 is 2.65 bits per heavy atom. The summed E-state index contributed by atoms with van der Waals surface area (Å²) in [7, 11) is 0. The Bertz CT molecular complexity index is 428. The minimum absolute atomic E-state index is 0.139. The molecule has 0 spiro atoms. The summed E-state index contributed by atoms with van der Waals surface area (Å²) in [5, 5.41) is 12.5. The number of hydrogen-bond donors (Lipinski definition) is 2. The standard InChI is InChI=1S/C16H25FN2O/c1-12(2)18-10-14-15(17)4-3-5-16(14)19-8-6-13(11-20)7-9-19/h3-5,12-13,18,20H,6-11H2,1-2H3. The molecule has 20 heavy (non-hydrogen) atoms. The predicted molar refractivity (Wildman–Crippen MR) is 80.4 cm³/mol. The summed E-state index contributed by atoms with van der Waals surface area (Å²) < 4.78 is 14.1. The number of aliphatic hydroxyl groups excluding tert-OH is 1. The van der Waals surface area contributed by atoms with Crippen LogP contribution in [0.4, 0.5) is 10.1 Å². The van der Waals surface area contributed by atoms with E-state index in [4.69, 9.17) is 0 Å². The van der Waals surface area contributed by atoms with Gasteiger partial charge in [-0.15, -0.1) is 0 Å². The number of aliphatic hydroxyl groups is 1. The van der Waals surface area contributed by atoms with Gasteiger partial charge in [0.1, 0.15) is 5.82 Å². The van der Waals surface area contributed by atoms with E-state index in [1.54, 1.807) is 6.07 Å². The number of piperidine rings is 1. The highest BCUT2D eigenvalue weighted by Gasteiger charge is 2.21. The fraction of sp³-hybridized carbons (Fsp3) is 0.625. The Balaban J connectivity index is 2.12. The van der Waals surface area contributed by atoms with E-state index in [1.807, 2.05) is 6.07 Å². The van der Waals surface area contributed by atoms with Gasteiger partial charge in [0.2, 0.25) is 0 Å². The highest BCUT2D eigenvalue weighted by molar-refractivity contribution is 5.54. The van der Waals surface area contributed by atoms with Crippen LogP contribution in [0.15, 0.2) is 18.2 Å². The molecule has 1 fully saturated rings. The van der Waals surface area contributed by atoms with Crippen LogP contribution in [0, 0.1) is 11.7 Å². The van der Waals surface area contributed by atoms with Crippen LogP contribution in [0.5, 0.6) is 0 Å². The molecule has 112 valence electrons. The maximum atomic E-state index is 14.1. The van der Waals surface area contributed by atoms with Crippen LogP contribution in [0.2, 0.25) is 0 Å². The van der Waals surface area contributed by atoms with Gasteiger partial charge in [-0.1, -0.05) is 19.9 Å². The van der Waals surface area contributed by atoms with E-state index in [2.05, 4.69) is 24.1 Å². The molecule has 1 aliphatic heterocycles. The molecule has 1 aromatic carbocycles. The molecule has 0 atom stereocenters. The van der Waals surface area contributed by atoms with Crippen molar-refractivity contribution in [2.24, 2.45) is 5.92 Å². The van der Waals surface area contributed by atoms with Crippen molar-refractivity contribution < 1.29 is 9.50 Å². The number of nitrogens with zero attached hydrogens (tertiary/aromatic N) is 1. The van der Waals surface area contributed by atoms with Crippen molar-refractivity contribution in [3.63, 3.8) is 0 Å². The first-order chi connectivity index (χ1) is 9.61. The highest BCUT2D eigenvalue weighted by Crippen LogP contribution is 2.28. The Morgan fingerprint density at radius 2 is 2.05 bits per heavy atom. The normalized spacial score (nSPS) is 16.9. The topological polar surface area (TPSA) is 35.5 Å². The van der Waals surface area contributed by atoms with Gasteiger partial charge in [-0.05, 0) is 30.9 Å². The first kappa shape index (κ1) is 15.3. The molecule has 0 unspecified atom stereocenters. The van der Waals surface area contributed by atoms with Crippen molar-refractivity contribution in [1.82, 2.24) is 5.32 Å². The number of benzene rings is 1. The zero-order chi connectivity index (χ0) is 14.5. The lowest BCUT2D eigenvalue weighted by atomic mass is 9.96. The van der Waals surface area contributed by atoms with Gasteiger partial charge in [-0.3, -0.25) is 0 Å². The molecule has 3 nitrogen and oxygen atoms in total. The van der Waals surface area contributed by atoms with Gasteiger partial charge >= 0.3 is 0 Å². The van der Waals surface area contributed by atoms with Crippen LogP contribution in [-0.4, -0.2) is 30.8 Å². The molecule has 2 N–H and O–H groups in total. The Kier molecular flexibility index (Phi) is 5.38. The smallest absolute Gasteiger partial charge is 0.129 e. The van der Waals surface area contributed by atoms with Gasteiger partial charge in [0.15, 0.2) is 0 Å². The fourth-order valence-electron chi connectivity index (χ4n) is 2.68. The molecule has 0 bridgehead atoms. The first-order valence-electron chi connectivity index (χ1n) is 7.48. The van der Waals surface area contributed by atoms with Gasteiger partial charge in [-0.25, -0.2) is 4.39 Å². The Hall–Kier alpha value is -1.13. The van der Waals surface area contributed by atoms with E-state index in [0.717, 1.165) is 37.2 Å². The van der Waals surface area contributed by atoms with Crippen molar-refractivity contribution in [2.45, 2.75) is 39.3 Å². The molecular weight excluding hydrogens is 255 g/mol. The number of nitrogens with one attached hydrogen (secondary N) is 1. The van der Waals surface area contributed by atoms with Crippen LogP contribution in [0.3, 0.4) is 0 Å². The van der Waals surface area contributed by atoms with E-state index in [1.165, 1.54) is 6.07 Å². The van der Waals surface area contributed by atoms with Crippen LogP contribution in [0.25, 0.3) is 0 Å². The van der Waals surface area contributed by atoms with E-state index in [0.29, 0.717) is 18.5 Å². The van der Waals surface area contributed by atoms with E-state index in [-0.39, 0.29) is 12.4 Å². The second kappa shape index (κ2) is 7.04. The molecule has 4 heteroatoms. The maximum absolute atomic E-state index is 14.1. The molecule has 1 heterocycles. The maximum Gasteiger partial charge on any atom is 0.129 e. The molecule has 2 rings (SSSR count). The fourth-order valence-corrected chi connectivity index (χ4v) is 2.68. The van der Waals surface area contributed by atoms with Crippen molar-refractivity contribution in [3.8, 4) is 0 Å². The van der Waals surface area contributed by atoms with Crippen LogP contribution in [0.1, 0.15) is 32.3 Å². The lowest BCUT2D eigenvalue weighted by Gasteiger charge is -2.34. The van der Waals surface area contributed by atoms with Gasteiger partial charge < -0.3 is 15.3 Å². The monoisotopic (exact) mass is 280 g/mol. The second-order valence-corrected chi connectivity index (χ2v) is 5.89. The third-order valence-electron chi connectivity index (χ3n) is 3.99. The Labute approximate surface area is 120 Å². The average molecular weight is 280 g/mol. The third kappa shape index (κ3) is 3.70. The Morgan fingerprint density at radius 1 is 1.35 bits per heavy atom. The molecule has 1 saturated heterocycles. The summed E-state index contributed by atoms with van der Waals surface area (Å²) in [6, 6.07) is 5.64. The average Bonchev–Trinajstić information content (AvgIpc) is 2.45. The molecule has 0 aliphatic carbocycles. The van der Waals surface area contributed by atoms with E-state index < -0.39 is 0 Å². The van der Waals surface area contributed by atoms with E-state index in [9.17, 15) is 9.50 Å². The van der Waals surface area contributed by atoms with Crippen molar-refractivity contribution in [3.05, 3.63) is 29.6 Å². The summed E-state index contributed by atoms with van der Waals surface area (Å²) >= 11 is 0. The van der Waals surface area contributed by atoms with Crippen LogP contribution < -0.4 is 10.2 Å². The molecule has 0 aromatic heterocycles. The molecular formula is C16H25FN2O. The van der Waals surface area contributed by atoms with Gasteiger partial charge in [0.25, 0.3) is 0 Å². The van der Waals surface area contributed by atoms with Crippen molar-refractivity contribution in [1.29, 1.82) is 0 Å². The minimum atomic E-state index is -0.139. The summed E-state index contributed by atoms with van der Waals surface area (Å²) in [5.41, 5.74) is 1.75. The van der Waals surface area contributed by atoms with Gasteiger partial charge in [0.05, 0.1) is 0 Å². The SMILES string of the molecule is CC(C)NCc1c(F)cccc1N1CCC(CO)CC1. The van der Waals surface area contributed by atoms with Crippen molar-refractivity contribution >= 4 is 5.69 Å². The molecule has 0 radical (unpaired) electrons. The largest absolute Gasteiger partial charge is 0.396 e. The summed E-state index contributed by atoms with van der Waals surface area (Å²) in [6.45, 7) is 6.73. The van der Waals surface area contributed by atoms with Gasteiger partial charge in [0, 0.05) is 43.5 Å². The van der Waals surface area contributed by atoms with Crippen molar-refractivity contribution in [2.75, 3.05) is 24.6 Å². The predicted octanol–water partition coefficient (Wildman–Crippen LogP) is 2.53. The molecule has 0 amide bonds. The first-order valence-corrected chi connectivity index (χ1v) is 7.48. The molecule has 1 aromatic rings. The zero-order valence-electron chi connectivity index (χ0n) is 12.4. The third-order valence-corrected chi connectivity index (χ3v) is 3.99. The lowest BCUT2D eigenvalue weighted by molar-refractivity contribution is 0.203. The van der Waals surface area contributed by atoms with E-state index >= 15 is 0 Å². The van der Waals surface area contributed by atoms with Crippen LogP contribution in [-0.2, 0) is 6.54 Å². The highest BCUT2D eigenvalue weighted by atomic mass is 19.1. The summed E-state index contributed by atoms with van der Waals surface area (Å²) in [4.78, 5) is 2.24. The number of rotatable bonds is 5. The van der Waals surface area contributed by atoms with Crippen LogP contribution >= 0.6 is 0 Å². The zero-order valence-corrected chi connectivity index (χ0v) is 12.4. The quantitative estimate of drug-likeness (QED) is 0.870. The number of hydrogen-bond acceptors (Lipinski definition) is 3. The minimum Gasteiger partial charge on any atom is -0.396 e. The molecule has 1 aliphatic rings. The lowest BCUT2D eigenvalue weighted by Crippen LogP contribution is -2.36. The number of anilines is 1. The second-order valence-electron chi connectivity index (χ2n) is 5.89. The summed E-state index contributed by atoms with van der Waals surface area (Å²) in [6.07, 6.45) is 1.95. The summed E-state index contributed by atoms with van der Waals surface area (Å²) in [5.74, 6) is 0.261. The molecule has 0 saturated carbocycles. The van der Waals surface area contributed by atoms with Gasteiger partial charge in [-0.2, -0.15) is 0 Å². The number of halogens is 1.